The van der Waals surface area contributed by atoms with E-state index in [1.165, 1.54) is 0 Å². The van der Waals surface area contributed by atoms with Crippen LogP contribution in [0.2, 0.25) is 0 Å². The zero-order valence-electron chi connectivity index (χ0n) is 9.42. The Hall–Kier alpha value is -1.36. The number of fused-ring (bicyclic) bond motifs is 1. The fraction of sp³-hybridized carbons (Fsp3) is 0.636. The highest BCUT2D eigenvalue weighted by molar-refractivity contribution is 5.74. The van der Waals surface area contributed by atoms with Crippen molar-refractivity contribution in [3.05, 3.63) is 17.2 Å². The maximum Gasteiger partial charge on any atom is 0.321 e. The standard InChI is InChI=1S/C11H17N3O2/c1-2-3-4-10-13-7-5-8(11(15)16)12-6-9(7)14-10/h8,12H,2-6H2,1H3,(H,13,14)(H,15,16)/t8-/m0/s1. The normalized spacial score (nSPS) is 19.4. The lowest BCUT2D eigenvalue weighted by Crippen LogP contribution is -2.41. The molecule has 2 heterocycles. The van der Waals surface area contributed by atoms with Crippen molar-refractivity contribution in [3.63, 3.8) is 0 Å². The van der Waals surface area contributed by atoms with Crippen LogP contribution in [0.1, 0.15) is 37.0 Å². The second-order valence-corrected chi connectivity index (χ2v) is 4.19. The largest absolute Gasteiger partial charge is 0.480 e. The van der Waals surface area contributed by atoms with Crippen molar-refractivity contribution in [3.8, 4) is 0 Å². The van der Waals surface area contributed by atoms with Gasteiger partial charge in [-0.1, -0.05) is 13.3 Å². The molecule has 0 aliphatic carbocycles. The molecule has 0 fully saturated rings. The summed E-state index contributed by atoms with van der Waals surface area (Å²) in [7, 11) is 0. The Kier molecular flexibility index (Phi) is 3.24. The number of carbonyl (C=O) groups is 1. The van der Waals surface area contributed by atoms with Crippen molar-refractivity contribution in [1.82, 2.24) is 15.3 Å². The molecule has 0 bridgehead atoms. The number of carboxylic acid groups (broad SMARTS) is 1. The quantitative estimate of drug-likeness (QED) is 0.707. The van der Waals surface area contributed by atoms with E-state index in [1.807, 2.05) is 0 Å². The minimum Gasteiger partial charge on any atom is -0.480 e. The molecule has 0 amide bonds. The molecule has 0 saturated heterocycles. The van der Waals surface area contributed by atoms with Gasteiger partial charge in [0.05, 0.1) is 11.4 Å². The minimum atomic E-state index is -0.802. The molecule has 1 aromatic rings. The predicted octanol–water partition coefficient (Wildman–Crippen LogP) is 0.851. The first-order valence-electron chi connectivity index (χ1n) is 5.73. The van der Waals surface area contributed by atoms with E-state index < -0.39 is 12.0 Å². The van der Waals surface area contributed by atoms with Gasteiger partial charge < -0.3 is 10.1 Å². The highest BCUT2D eigenvalue weighted by Gasteiger charge is 2.26. The lowest BCUT2D eigenvalue weighted by atomic mass is 10.1. The van der Waals surface area contributed by atoms with Crippen LogP contribution in [0.4, 0.5) is 0 Å². The van der Waals surface area contributed by atoms with E-state index >= 15 is 0 Å². The number of unbranched alkanes of at least 4 members (excludes halogenated alkanes) is 1. The maximum absolute atomic E-state index is 10.8. The first kappa shape index (κ1) is 11.1. The van der Waals surface area contributed by atoms with Gasteiger partial charge in [-0.05, 0) is 6.42 Å². The number of H-pyrrole nitrogens is 1. The highest BCUT2D eigenvalue weighted by atomic mass is 16.4. The SMILES string of the molecule is CCCCc1nc2c([nH]1)CN[C@H](C(=O)O)C2. The number of aryl methyl sites for hydroxylation is 1. The lowest BCUT2D eigenvalue weighted by Gasteiger charge is -2.18. The monoisotopic (exact) mass is 223 g/mol. The van der Waals surface area contributed by atoms with Crippen molar-refractivity contribution in [2.24, 2.45) is 0 Å². The number of hydrogen-bond acceptors (Lipinski definition) is 3. The number of rotatable bonds is 4. The van der Waals surface area contributed by atoms with Crippen LogP contribution < -0.4 is 5.32 Å². The molecule has 2 rings (SSSR count). The van der Waals surface area contributed by atoms with Crippen LogP contribution in [0.3, 0.4) is 0 Å². The van der Waals surface area contributed by atoms with Gasteiger partial charge in [-0.25, -0.2) is 4.98 Å². The van der Waals surface area contributed by atoms with Crippen LogP contribution in [0.25, 0.3) is 0 Å². The number of carboxylic acids is 1. The molecule has 0 spiro atoms. The van der Waals surface area contributed by atoms with E-state index in [2.05, 4.69) is 22.2 Å². The summed E-state index contributed by atoms with van der Waals surface area (Å²) in [6.45, 7) is 2.72. The van der Waals surface area contributed by atoms with Gasteiger partial charge in [-0.15, -0.1) is 0 Å². The summed E-state index contributed by atoms with van der Waals surface area (Å²) < 4.78 is 0. The fourth-order valence-electron chi connectivity index (χ4n) is 1.95. The van der Waals surface area contributed by atoms with E-state index in [-0.39, 0.29) is 0 Å². The minimum absolute atomic E-state index is 0.479. The van der Waals surface area contributed by atoms with E-state index in [0.717, 1.165) is 36.5 Å². The average Bonchev–Trinajstić information content (AvgIpc) is 2.67. The average molecular weight is 223 g/mol. The van der Waals surface area contributed by atoms with Crippen molar-refractivity contribution >= 4 is 5.97 Å². The van der Waals surface area contributed by atoms with Crippen molar-refractivity contribution in [2.45, 2.75) is 45.2 Å². The second kappa shape index (κ2) is 4.65. The fourth-order valence-corrected chi connectivity index (χ4v) is 1.95. The first-order valence-corrected chi connectivity index (χ1v) is 5.73. The molecular weight excluding hydrogens is 206 g/mol. The molecule has 5 nitrogen and oxygen atoms in total. The number of aromatic amines is 1. The van der Waals surface area contributed by atoms with Gasteiger partial charge in [-0.2, -0.15) is 0 Å². The topological polar surface area (TPSA) is 78.0 Å². The predicted molar refractivity (Wildman–Crippen MR) is 59.2 cm³/mol. The number of imidazole rings is 1. The number of nitrogens with zero attached hydrogens (tertiary/aromatic N) is 1. The molecule has 5 heteroatoms. The van der Waals surface area contributed by atoms with Crippen LogP contribution in [-0.4, -0.2) is 27.1 Å². The molecule has 0 unspecified atom stereocenters. The molecule has 16 heavy (non-hydrogen) atoms. The van der Waals surface area contributed by atoms with Crippen LogP contribution in [0.15, 0.2) is 0 Å². The molecule has 3 N–H and O–H groups in total. The van der Waals surface area contributed by atoms with E-state index in [1.54, 1.807) is 0 Å². The molecule has 88 valence electrons. The van der Waals surface area contributed by atoms with Crippen molar-refractivity contribution in [2.75, 3.05) is 0 Å². The van der Waals surface area contributed by atoms with Gasteiger partial charge in [0.15, 0.2) is 0 Å². The van der Waals surface area contributed by atoms with Crippen molar-refractivity contribution in [1.29, 1.82) is 0 Å². The third-order valence-electron chi connectivity index (χ3n) is 2.90. The first-order chi connectivity index (χ1) is 7.70. The highest BCUT2D eigenvalue weighted by Crippen LogP contribution is 2.15. The van der Waals surface area contributed by atoms with Gasteiger partial charge >= 0.3 is 5.97 Å². The Morgan fingerprint density at radius 3 is 3.12 bits per heavy atom. The Balaban J connectivity index is 2.07. The lowest BCUT2D eigenvalue weighted by molar-refractivity contribution is -0.139. The van der Waals surface area contributed by atoms with Gasteiger partial charge in [0, 0.05) is 19.4 Å². The molecule has 1 aliphatic heterocycles. The van der Waals surface area contributed by atoms with E-state index in [9.17, 15) is 4.79 Å². The maximum atomic E-state index is 10.8. The summed E-state index contributed by atoms with van der Waals surface area (Å²) >= 11 is 0. The Labute approximate surface area is 94.3 Å². The summed E-state index contributed by atoms with van der Waals surface area (Å²) in [6, 6.07) is -0.491. The third-order valence-corrected chi connectivity index (χ3v) is 2.90. The zero-order chi connectivity index (χ0) is 11.5. The summed E-state index contributed by atoms with van der Waals surface area (Å²) in [4.78, 5) is 18.6. The van der Waals surface area contributed by atoms with Crippen LogP contribution in [-0.2, 0) is 24.2 Å². The zero-order valence-corrected chi connectivity index (χ0v) is 9.42. The Morgan fingerprint density at radius 2 is 2.44 bits per heavy atom. The van der Waals surface area contributed by atoms with Crippen LogP contribution in [0, 0.1) is 0 Å². The molecule has 0 radical (unpaired) electrons. The van der Waals surface area contributed by atoms with Gasteiger partial charge in [0.2, 0.25) is 0 Å². The molecule has 0 saturated carbocycles. The van der Waals surface area contributed by atoms with E-state index in [4.69, 9.17) is 5.11 Å². The Morgan fingerprint density at radius 1 is 1.62 bits per heavy atom. The molecule has 1 atom stereocenters. The number of nitrogens with one attached hydrogen (secondary N) is 2. The second-order valence-electron chi connectivity index (χ2n) is 4.19. The number of aliphatic carboxylic acids is 1. The molecule has 0 aromatic carbocycles. The smallest absolute Gasteiger partial charge is 0.321 e. The van der Waals surface area contributed by atoms with Gasteiger partial charge in [0.25, 0.3) is 0 Å². The molecular formula is C11H17N3O2. The Bertz CT molecular complexity index is 387. The van der Waals surface area contributed by atoms with E-state index in [0.29, 0.717) is 13.0 Å². The number of hydrogen-bond donors (Lipinski definition) is 3. The van der Waals surface area contributed by atoms with Crippen LogP contribution in [0.5, 0.6) is 0 Å². The number of aromatic nitrogens is 2. The molecule has 1 aliphatic rings. The van der Waals surface area contributed by atoms with Crippen molar-refractivity contribution < 1.29 is 9.90 Å². The van der Waals surface area contributed by atoms with Crippen LogP contribution >= 0.6 is 0 Å². The third kappa shape index (κ3) is 2.24. The summed E-state index contributed by atoms with van der Waals surface area (Å²) in [5.41, 5.74) is 1.96. The summed E-state index contributed by atoms with van der Waals surface area (Å²) in [6.07, 6.45) is 3.68. The molecule has 1 aromatic heterocycles. The van der Waals surface area contributed by atoms with Gasteiger partial charge in [0.1, 0.15) is 11.9 Å². The summed E-state index contributed by atoms with van der Waals surface area (Å²) in [5, 5.41) is 11.9. The summed E-state index contributed by atoms with van der Waals surface area (Å²) in [5.74, 6) is 0.184. The van der Waals surface area contributed by atoms with Gasteiger partial charge in [-0.3, -0.25) is 10.1 Å².